The molecular formula is C23H25ClN4O4S2. The summed E-state index contributed by atoms with van der Waals surface area (Å²) in [6.45, 7) is 6.82. The number of benzene rings is 1. The van der Waals surface area contributed by atoms with Gasteiger partial charge in [-0.3, -0.25) is 4.79 Å². The number of esters is 1. The standard InChI is InChI=1S/C23H25ClN4O4S2/c1-4-10-28-19(6-5-11-32-18-8-7-16(24)13-15(18)2)26-27-23(28)34-14-20(29)25-21-17(9-12-33-21)22(30)31-3/h4,7-9,12-13H,1,5-6,10-11,14H2,2-3H3,(H,25,29). The summed E-state index contributed by atoms with van der Waals surface area (Å²) in [6.07, 6.45) is 3.17. The smallest absolute Gasteiger partial charge is 0.340 e. The zero-order chi connectivity index (χ0) is 24.5. The zero-order valence-electron chi connectivity index (χ0n) is 18.9. The lowest BCUT2D eigenvalue weighted by atomic mass is 10.2. The minimum Gasteiger partial charge on any atom is -0.493 e. The van der Waals surface area contributed by atoms with Crippen LogP contribution < -0.4 is 10.1 Å². The number of aromatic nitrogens is 3. The number of amides is 1. The van der Waals surface area contributed by atoms with Crippen LogP contribution in [0.2, 0.25) is 5.02 Å². The highest BCUT2D eigenvalue weighted by Gasteiger charge is 2.17. The van der Waals surface area contributed by atoms with Gasteiger partial charge in [0, 0.05) is 18.0 Å². The van der Waals surface area contributed by atoms with Crippen LogP contribution in [0.3, 0.4) is 0 Å². The topological polar surface area (TPSA) is 95.3 Å². The molecule has 0 spiro atoms. The number of hydrogen-bond acceptors (Lipinski definition) is 8. The third kappa shape index (κ3) is 6.85. The SMILES string of the molecule is C=CCn1c(CCCOc2ccc(Cl)cc2C)nnc1SCC(=O)Nc1sccc1C(=O)OC. The Bertz CT molecular complexity index is 1160. The van der Waals surface area contributed by atoms with Crippen LogP contribution in [0.25, 0.3) is 0 Å². The van der Waals surface area contributed by atoms with Crippen molar-refractivity contribution in [2.75, 3.05) is 24.8 Å². The zero-order valence-corrected chi connectivity index (χ0v) is 21.3. The Morgan fingerprint density at radius 3 is 2.88 bits per heavy atom. The first-order chi connectivity index (χ1) is 16.4. The number of methoxy groups -OCH3 is 1. The predicted molar refractivity (Wildman–Crippen MR) is 135 cm³/mol. The molecule has 0 aliphatic rings. The van der Waals surface area contributed by atoms with E-state index in [2.05, 4.69) is 22.1 Å². The summed E-state index contributed by atoms with van der Waals surface area (Å²) in [5.74, 6) is 0.979. The molecule has 0 radical (unpaired) electrons. The van der Waals surface area contributed by atoms with Crippen molar-refractivity contribution < 1.29 is 19.1 Å². The lowest BCUT2D eigenvalue weighted by Crippen LogP contribution is -2.16. The second-order valence-electron chi connectivity index (χ2n) is 7.15. The fraction of sp³-hybridized carbons (Fsp3) is 0.304. The van der Waals surface area contributed by atoms with Crippen molar-refractivity contribution >= 4 is 51.6 Å². The molecule has 2 aromatic heterocycles. The van der Waals surface area contributed by atoms with Crippen LogP contribution in [0, 0.1) is 6.92 Å². The average molecular weight is 521 g/mol. The Hall–Kier alpha value is -2.82. The van der Waals surface area contributed by atoms with Gasteiger partial charge in [-0.1, -0.05) is 29.4 Å². The molecule has 180 valence electrons. The fourth-order valence-electron chi connectivity index (χ4n) is 3.08. The Morgan fingerprint density at radius 1 is 1.32 bits per heavy atom. The van der Waals surface area contributed by atoms with Crippen molar-refractivity contribution in [3.05, 3.63) is 64.3 Å². The van der Waals surface area contributed by atoms with E-state index in [1.807, 2.05) is 23.6 Å². The summed E-state index contributed by atoms with van der Waals surface area (Å²) < 4.78 is 12.5. The van der Waals surface area contributed by atoms with E-state index in [4.69, 9.17) is 21.1 Å². The van der Waals surface area contributed by atoms with E-state index in [9.17, 15) is 9.59 Å². The second-order valence-corrected chi connectivity index (χ2v) is 9.45. The van der Waals surface area contributed by atoms with E-state index >= 15 is 0 Å². The summed E-state index contributed by atoms with van der Waals surface area (Å²) in [4.78, 5) is 24.2. The molecular weight excluding hydrogens is 496 g/mol. The highest BCUT2D eigenvalue weighted by molar-refractivity contribution is 7.99. The van der Waals surface area contributed by atoms with Gasteiger partial charge in [0.25, 0.3) is 0 Å². The fourth-order valence-corrected chi connectivity index (χ4v) is 4.86. The van der Waals surface area contributed by atoms with Crippen LogP contribution in [0.4, 0.5) is 5.00 Å². The van der Waals surface area contributed by atoms with E-state index in [-0.39, 0.29) is 11.7 Å². The molecule has 3 aromatic rings. The largest absolute Gasteiger partial charge is 0.493 e. The van der Waals surface area contributed by atoms with Crippen molar-refractivity contribution in [3.8, 4) is 5.75 Å². The van der Waals surface area contributed by atoms with Crippen molar-refractivity contribution in [1.82, 2.24) is 14.8 Å². The normalized spacial score (nSPS) is 10.7. The van der Waals surface area contributed by atoms with Crippen LogP contribution in [0.1, 0.15) is 28.2 Å². The highest BCUT2D eigenvalue weighted by atomic mass is 35.5. The number of halogens is 1. The van der Waals surface area contributed by atoms with Crippen molar-refractivity contribution in [2.24, 2.45) is 0 Å². The number of rotatable bonds is 12. The molecule has 2 heterocycles. The third-order valence-electron chi connectivity index (χ3n) is 4.70. The number of nitrogens with zero attached hydrogens (tertiary/aromatic N) is 3. The molecule has 0 atom stereocenters. The number of carbonyl (C=O) groups excluding carboxylic acids is 2. The Labute approximate surface area is 211 Å². The molecule has 0 saturated carbocycles. The first-order valence-electron chi connectivity index (χ1n) is 10.4. The number of thioether (sulfide) groups is 1. The van der Waals surface area contributed by atoms with Crippen LogP contribution in [0.5, 0.6) is 5.75 Å². The van der Waals surface area contributed by atoms with Gasteiger partial charge < -0.3 is 19.4 Å². The molecule has 0 aliphatic heterocycles. The third-order valence-corrected chi connectivity index (χ3v) is 6.73. The van der Waals surface area contributed by atoms with Gasteiger partial charge in [-0.05, 0) is 48.6 Å². The Kier molecular flexibility index (Phi) is 9.55. The van der Waals surface area contributed by atoms with Crippen molar-refractivity contribution in [2.45, 2.75) is 31.5 Å². The minimum absolute atomic E-state index is 0.118. The van der Waals surface area contributed by atoms with Gasteiger partial charge in [0.15, 0.2) is 5.16 Å². The van der Waals surface area contributed by atoms with Crippen molar-refractivity contribution in [3.63, 3.8) is 0 Å². The van der Waals surface area contributed by atoms with Gasteiger partial charge in [0.1, 0.15) is 16.6 Å². The van der Waals surface area contributed by atoms with Gasteiger partial charge in [0.05, 0.1) is 25.0 Å². The van der Waals surface area contributed by atoms with Gasteiger partial charge in [0.2, 0.25) is 5.91 Å². The summed E-state index contributed by atoms with van der Waals surface area (Å²) in [5.41, 5.74) is 1.32. The maximum absolute atomic E-state index is 12.4. The van der Waals surface area contributed by atoms with Crippen molar-refractivity contribution in [1.29, 1.82) is 0 Å². The molecule has 3 rings (SSSR count). The molecule has 1 N–H and O–H groups in total. The quantitative estimate of drug-likeness (QED) is 0.155. The number of nitrogens with one attached hydrogen (secondary N) is 1. The molecule has 11 heteroatoms. The average Bonchev–Trinajstić information content (AvgIpc) is 3.43. The number of aryl methyl sites for hydroxylation is 2. The van der Waals surface area contributed by atoms with Gasteiger partial charge in [-0.25, -0.2) is 4.79 Å². The summed E-state index contributed by atoms with van der Waals surface area (Å²) in [6, 6.07) is 7.15. The lowest BCUT2D eigenvalue weighted by Gasteiger charge is -2.10. The van der Waals surface area contributed by atoms with E-state index in [1.165, 1.54) is 30.2 Å². The summed E-state index contributed by atoms with van der Waals surface area (Å²) >= 11 is 8.52. The molecule has 0 aliphatic carbocycles. The molecule has 0 bridgehead atoms. The number of anilines is 1. The Balaban J connectivity index is 1.54. The number of ether oxygens (including phenoxy) is 2. The predicted octanol–water partition coefficient (Wildman–Crippen LogP) is 5.02. The summed E-state index contributed by atoms with van der Waals surface area (Å²) in [5, 5.41) is 14.8. The van der Waals surface area contributed by atoms with E-state index < -0.39 is 5.97 Å². The van der Waals surface area contributed by atoms with Crippen LogP contribution in [-0.4, -0.2) is 46.1 Å². The van der Waals surface area contributed by atoms with E-state index in [0.29, 0.717) is 40.3 Å². The monoisotopic (exact) mass is 520 g/mol. The summed E-state index contributed by atoms with van der Waals surface area (Å²) in [7, 11) is 1.30. The minimum atomic E-state index is -0.491. The van der Waals surface area contributed by atoms with Crippen LogP contribution in [0.15, 0.2) is 47.5 Å². The molecule has 0 saturated heterocycles. The molecule has 1 aromatic carbocycles. The lowest BCUT2D eigenvalue weighted by molar-refractivity contribution is -0.113. The molecule has 0 fully saturated rings. The maximum Gasteiger partial charge on any atom is 0.340 e. The first kappa shape index (κ1) is 25.8. The second kappa shape index (κ2) is 12.6. The van der Waals surface area contributed by atoms with Crippen LogP contribution >= 0.6 is 34.7 Å². The Morgan fingerprint density at radius 2 is 2.15 bits per heavy atom. The number of allylic oxidation sites excluding steroid dienone is 1. The first-order valence-corrected chi connectivity index (χ1v) is 12.7. The molecule has 8 nitrogen and oxygen atoms in total. The maximum atomic E-state index is 12.4. The molecule has 1 amide bonds. The van der Waals surface area contributed by atoms with Gasteiger partial charge >= 0.3 is 5.97 Å². The molecule has 0 unspecified atom stereocenters. The number of hydrogen-bond donors (Lipinski definition) is 1. The van der Waals surface area contributed by atoms with Gasteiger partial charge in [-0.2, -0.15) is 0 Å². The number of thiophene rings is 1. The van der Waals surface area contributed by atoms with Gasteiger partial charge in [-0.15, -0.1) is 28.1 Å². The van der Waals surface area contributed by atoms with E-state index in [1.54, 1.807) is 23.6 Å². The van der Waals surface area contributed by atoms with E-state index in [0.717, 1.165) is 23.6 Å². The number of carbonyl (C=O) groups is 2. The highest BCUT2D eigenvalue weighted by Crippen LogP contribution is 2.25. The molecule has 34 heavy (non-hydrogen) atoms. The van der Waals surface area contributed by atoms with Crippen LogP contribution in [-0.2, 0) is 22.5 Å².